The molecular formula is C25H29IO5. The summed E-state index contributed by atoms with van der Waals surface area (Å²) in [6, 6.07) is 18.2. The lowest BCUT2D eigenvalue weighted by molar-refractivity contribution is -0.253. The first-order valence-corrected chi connectivity index (χ1v) is 12.2. The highest BCUT2D eigenvalue weighted by atomic mass is 127. The molecule has 1 saturated heterocycles. The van der Waals surface area contributed by atoms with E-state index in [1.165, 1.54) is 0 Å². The van der Waals surface area contributed by atoms with Crippen molar-refractivity contribution in [3.63, 3.8) is 0 Å². The maximum atomic E-state index is 6.48. The smallest absolute Gasteiger partial charge is 0.118 e. The molecule has 5 atom stereocenters. The fraction of sp³-hybridized carbons (Fsp3) is 0.440. The summed E-state index contributed by atoms with van der Waals surface area (Å²) in [5.41, 5.74) is 2.22. The van der Waals surface area contributed by atoms with Gasteiger partial charge in [0.15, 0.2) is 0 Å². The number of fused-ring (bicyclic) bond motifs is 1. The summed E-state index contributed by atoms with van der Waals surface area (Å²) in [5, 5.41) is 0. The van der Waals surface area contributed by atoms with Gasteiger partial charge in [0, 0.05) is 4.43 Å². The molecule has 4 rings (SSSR count). The topological polar surface area (TPSA) is 46.2 Å². The highest BCUT2D eigenvalue weighted by molar-refractivity contribution is 14.1. The van der Waals surface area contributed by atoms with Crippen molar-refractivity contribution >= 4 is 22.6 Å². The van der Waals surface area contributed by atoms with Gasteiger partial charge < -0.3 is 23.7 Å². The predicted octanol–water partition coefficient (Wildman–Crippen LogP) is 4.71. The second-order valence-electron chi connectivity index (χ2n) is 7.76. The van der Waals surface area contributed by atoms with Crippen LogP contribution in [-0.4, -0.2) is 48.7 Å². The highest BCUT2D eigenvalue weighted by Gasteiger charge is 2.47. The van der Waals surface area contributed by atoms with Crippen molar-refractivity contribution in [3.8, 4) is 5.75 Å². The Bertz CT molecular complexity index is 826. The monoisotopic (exact) mass is 536 g/mol. The summed E-state index contributed by atoms with van der Waals surface area (Å²) in [5.74, 6) is 0.834. The third-order valence-electron chi connectivity index (χ3n) is 5.69. The first kappa shape index (κ1) is 22.7. The normalized spacial score (nSPS) is 28.0. The molecular weight excluding hydrogens is 507 g/mol. The lowest BCUT2D eigenvalue weighted by Crippen LogP contribution is -2.60. The zero-order valence-electron chi connectivity index (χ0n) is 17.7. The third kappa shape index (κ3) is 5.87. The van der Waals surface area contributed by atoms with Crippen LogP contribution in [0.2, 0.25) is 0 Å². The molecule has 31 heavy (non-hydrogen) atoms. The van der Waals surface area contributed by atoms with Crippen LogP contribution < -0.4 is 4.74 Å². The van der Waals surface area contributed by atoms with E-state index in [2.05, 4.69) is 46.9 Å². The SMILES string of the molecule is COc1ccc(CO[C@H]2[C@H](OCc3ccccc3)[C@H]3OCC=CC[C@@H]3O[C@@H]2CI)cc1. The Morgan fingerprint density at radius 2 is 1.61 bits per heavy atom. The molecule has 5 nitrogen and oxygen atoms in total. The van der Waals surface area contributed by atoms with Gasteiger partial charge in [-0.25, -0.2) is 0 Å². The summed E-state index contributed by atoms with van der Waals surface area (Å²) >= 11 is 2.37. The predicted molar refractivity (Wildman–Crippen MR) is 128 cm³/mol. The molecule has 166 valence electrons. The van der Waals surface area contributed by atoms with Crippen molar-refractivity contribution in [2.45, 2.75) is 50.2 Å². The maximum Gasteiger partial charge on any atom is 0.118 e. The number of halogens is 1. The Morgan fingerprint density at radius 3 is 2.32 bits per heavy atom. The van der Waals surface area contributed by atoms with Crippen LogP contribution >= 0.6 is 22.6 Å². The molecule has 0 radical (unpaired) electrons. The van der Waals surface area contributed by atoms with Gasteiger partial charge >= 0.3 is 0 Å². The van der Waals surface area contributed by atoms with E-state index in [4.69, 9.17) is 23.7 Å². The molecule has 0 saturated carbocycles. The van der Waals surface area contributed by atoms with Crippen molar-refractivity contribution in [2.75, 3.05) is 18.1 Å². The molecule has 1 fully saturated rings. The van der Waals surface area contributed by atoms with Crippen LogP contribution in [-0.2, 0) is 32.2 Å². The number of benzene rings is 2. The van der Waals surface area contributed by atoms with Gasteiger partial charge in [0.25, 0.3) is 0 Å². The molecule has 0 spiro atoms. The van der Waals surface area contributed by atoms with Crippen molar-refractivity contribution in [3.05, 3.63) is 77.9 Å². The third-order valence-corrected chi connectivity index (χ3v) is 6.56. The Morgan fingerprint density at radius 1 is 0.903 bits per heavy atom. The van der Waals surface area contributed by atoms with Gasteiger partial charge in [-0.2, -0.15) is 0 Å². The van der Waals surface area contributed by atoms with E-state index in [1.54, 1.807) is 7.11 Å². The van der Waals surface area contributed by atoms with Gasteiger partial charge in [-0.15, -0.1) is 0 Å². The van der Waals surface area contributed by atoms with E-state index < -0.39 is 0 Å². The van der Waals surface area contributed by atoms with E-state index >= 15 is 0 Å². The first-order valence-electron chi connectivity index (χ1n) is 10.7. The first-order chi connectivity index (χ1) is 15.3. The average Bonchev–Trinajstić information content (AvgIpc) is 3.07. The number of alkyl halides is 1. The summed E-state index contributed by atoms with van der Waals surface area (Å²) in [6.45, 7) is 1.56. The van der Waals surface area contributed by atoms with Gasteiger partial charge in [0.1, 0.15) is 24.1 Å². The molecule has 2 heterocycles. The van der Waals surface area contributed by atoms with Crippen LogP contribution in [0.4, 0.5) is 0 Å². The van der Waals surface area contributed by atoms with Gasteiger partial charge in [0.05, 0.1) is 39.1 Å². The largest absolute Gasteiger partial charge is 0.497 e. The minimum absolute atomic E-state index is 0.0277. The zero-order chi connectivity index (χ0) is 21.5. The molecule has 0 N–H and O–H groups in total. The van der Waals surface area contributed by atoms with Crippen LogP contribution in [0.3, 0.4) is 0 Å². The molecule has 2 aromatic carbocycles. The second kappa shape index (κ2) is 11.4. The minimum atomic E-state index is -0.220. The number of rotatable bonds is 8. The van der Waals surface area contributed by atoms with Gasteiger partial charge in [0.2, 0.25) is 0 Å². The fourth-order valence-corrected chi connectivity index (χ4v) is 4.75. The van der Waals surface area contributed by atoms with Gasteiger partial charge in [-0.1, -0.05) is 77.2 Å². The van der Waals surface area contributed by atoms with Crippen molar-refractivity contribution in [2.24, 2.45) is 0 Å². The van der Waals surface area contributed by atoms with Crippen molar-refractivity contribution in [1.29, 1.82) is 0 Å². The molecule has 0 amide bonds. The van der Waals surface area contributed by atoms with Gasteiger partial charge in [-0.3, -0.25) is 0 Å². The van der Waals surface area contributed by atoms with Gasteiger partial charge in [-0.05, 0) is 29.7 Å². The lowest BCUT2D eigenvalue weighted by Gasteiger charge is -2.45. The van der Waals surface area contributed by atoms with Crippen LogP contribution in [0, 0.1) is 0 Å². The maximum absolute atomic E-state index is 6.48. The Kier molecular flexibility index (Phi) is 8.38. The Balaban J connectivity index is 1.51. The molecule has 0 unspecified atom stereocenters. The quantitative estimate of drug-likeness (QED) is 0.278. The number of hydrogen-bond acceptors (Lipinski definition) is 5. The van der Waals surface area contributed by atoms with Crippen LogP contribution in [0.25, 0.3) is 0 Å². The van der Waals surface area contributed by atoms with E-state index in [0.29, 0.717) is 19.8 Å². The van der Waals surface area contributed by atoms with Crippen LogP contribution in [0.5, 0.6) is 5.75 Å². The lowest BCUT2D eigenvalue weighted by atomic mass is 9.93. The molecule has 2 aromatic rings. The Hall–Kier alpha value is -1.45. The summed E-state index contributed by atoms with van der Waals surface area (Å²) in [6.07, 6.45) is 4.34. The standard InChI is InChI=1S/C25H29IO5/c1-27-20-12-10-19(11-13-20)17-29-24-22(15-26)31-21-9-5-6-14-28-23(21)25(24)30-16-18-7-3-2-4-8-18/h2-8,10-13,21-25H,9,14-17H2,1H3/t21-,22+,23-,24+,25+/m0/s1. The summed E-state index contributed by atoms with van der Waals surface area (Å²) in [4.78, 5) is 0. The molecule has 2 aliphatic heterocycles. The van der Waals surface area contributed by atoms with E-state index in [0.717, 1.165) is 27.7 Å². The van der Waals surface area contributed by atoms with E-state index in [-0.39, 0.29) is 30.5 Å². The molecule has 6 heteroatoms. The van der Waals surface area contributed by atoms with E-state index in [9.17, 15) is 0 Å². The number of methoxy groups -OCH3 is 1. The second-order valence-corrected chi connectivity index (χ2v) is 8.64. The highest BCUT2D eigenvalue weighted by Crippen LogP contribution is 2.33. The number of hydrogen-bond donors (Lipinski definition) is 0. The summed E-state index contributed by atoms with van der Waals surface area (Å²) < 4.78 is 31.6. The molecule has 0 aliphatic carbocycles. The van der Waals surface area contributed by atoms with E-state index in [1.807, 2.05) is 42.5 Å². The molecule has 0 aromatic heterocycles. The Labute approximate surface area is 197 Å². The number of ether oxygens (including phenoxy) is 5. The van der Waals surface area contributed by atoms with Crippen molar-refractivity contribution in [1.82, 2.24) is 0 Å². The minimum Gasteiger partial charge on any atom is -0.497 e. The molecule has 0 bridgehead atoms. The molecule has 2 aliphatic rings. The summed E-state index contributed by atoms with van der Waals surface area (Å²) in [7, 11) is 1.67. The zero-order valence-corrected chi connectivity index (χ0v) is 19.8. The van der Waals surface area contributed by atoms with Crippen molar-refractivity contribution < 1.29 is 23.7 Å². The fourth-order valence-electron chi connectivity index (χ4n) is 4.04. The van der Waals surface area contributed by atoms with Crippen LogP contribution in [0.15, 0.2) is 66.7 Å². The average molecular weight is 536 g/mol. The van der Waals surface area contributed by atoms with Crippen LogP contribution in [0.1, 0.15) is 17.5 Å².